The zero-order chi connectivity index (χ0) is 24.3. The molecule has 0 radical (unpaired) electrons. The minimum atomic E-state index is 0.636. The van der Waals surface area contributed by atoms with Gasteiger partial charge in [-0.15, -0.1) is 0 Å². The van der Waals surface area contributed by atoms with Gasteiger partial charge in [-0.3, -0.25) is 0 Å². The number of pyridine rings is 2. The van der Waals surface area contributed by atoms with Crippen LogP contribution in [0.15, 0.2) is 124 Å². The van der Waals surface area contributed by atoms with Crippen molar-refractivity contribution in [2.24, 2.45) is 0 Å². The van der Waals surface area contributed by atoms with Crippen molar-refractivity contribution < 1.29 is 8.83 Å². The Morgan fingerprint density at radius 2 is 1.35 bits per heavy atom. The highest BCUT2D eigenvalue weighted by Gasteiger charge is 2.19. The number of aromatic nitrogens is 2. The van der Waals surface area contributed by atoms with Gasteiger partial charge >= 0.3 is 0 Å². The van der Waals surface area contributed by atoms with Crippen molar-refractivity contribution in [1.82, 2.24) is 9.97 Å². The van der Waals surface area contributed by atoms with Gasteiger partial charge in [-0.25, -0.2) is 9.97 Å². The summed E-state index contributed by atoms with van der Waals surface area (Å²) in [4.78, 5) is 11.5. The molecule has 4 aromatic heterocycles. The molecule has 0 N–H and O–H groups in total. The van der Waals surface area contributed by atoms with Gasteiger partial charge in [-0.05, 0) is 53.9 Å². The largest absolute Gasteiger partial charge is 0.454 e. The summed E-state index contributed by atoms with van der Waals surface area (Å²) in [5, 5.41) is 5.33. The van der Waals surface area contributed by atoms with E-state index in [-0.39, 0.29) is 0 Å². The number of anilines is 3. The summed E-state index contributed by atoms with van der Waals surface area (Å²) in [6, 6.07) is 35.1. The zero-order valence-corrected chi connectivity index (χ0v) is 19.6. The van der Waals surface area contributed by atoms with Crippen molar-refractivity contribution >= 4 is 72.0 Å². The molecule has 0 atom stereocenters. The maximum Gasteiger partial charge on any atom is 0.227 e. The van der Waals surface area contributed by atoms with Crippen LogP contribution in [0.5, 0.6) is 0 Å². The first-order valence-electron chi connectivity index (χ1n) is 12.2. The summed E-state index contributed by atoms with van der Waals surface area (Å²) in [7, 11) is 0. The van der Waals surface area contributed by atoms with Gasteiger partial charge in [0.15, 0.2) is 5.58 Å². The van der Waals surface area contributed by atoms with E-state index in [1.807, 2.05) is 48.7 Å². The van der Waals surface area contributed by atoms with Crippen molar-refractivity contribution in [3.05, 3.63) is 116 Å². The number of furan rings is 2. The highest BCUT2D eigenvalue weighted by atomic mass is 16.3. The van der Waals surface area contributed by atoms with Crippen molar-refractivity contribution in [3.8, 4) is 0 Å². The van der Waals surface area contributed by atoms with Gasteiger partial charge in [-0.1, -0.05) is 48.5 Å². The lowest BCUT2D eigenvalue weighted by atomic mass is 10.1. The summed E-state index contributed by atoms with van der Waals surface area (Å²) in [6.07, 6.45) is 3.67. The summed E-state index contributed by atoms with van der Waals surface area (Å²) >= 11 is 0. The van der Waals surface area contributed by atoms with Crippen LogP contribution < -0.4 is 4.90 Å². The van der Waals surface area contributed by atoms with E-state index in [4.69, 9.17) is 13.8 Å². The Kier molecular flexibility index (Phi) is 4.16. The second kappa shape index (κ2) is 7.67. The average Bonchev–Trinajstić information content (AvgIpc) is 3.51. The number of nitrogens with zero attached hydrogens (tertiary/aromatic N) is 3. The second-order valence-electron chi connectivity index (χ2n) is 9.11. The quantitative estimate of drug-likeness (QED) is 0.254. The summed E-state index contributed by atoms with van der Waals surface area (Å²) < 4.78 is 12.2. The minimum Gasteiger partial charge on any atom is -0.454 e. The highest BCUT2D eigenvalue weighted by molar-refractivity contribution is 6.07. The molecule has 5 heteroatoms. The predicted molar refractivity (Wildman–Crippen MR) is 149 cm³/mol. The van der Waals surface area contributed by atoms with Gasteiger partial charge in [0, 0.05) is 39.5 Å². The molecule has 4 aromatic carbocycles. The standard InChI is InChI=1S/C32H19N3O2/c1-2-9-23-20(7-1)8-5-12-27(23)35(21-14-15-29-26(17-21)24-11-6-16-33-32(24)37-29)22-18-30-31(34-19-22)25-10-3-4-13-28(25)36-30/h1-19H. The summed E-state index contributed by atoms with van der Waals surface area (Å²) in [5.74, 6) is 0. The van der Waals surface area contributed by atoms with E-state index in [1.165, 1.54) is 5.39 Å². The molecule has 0 unspecified atom stereocenters. The maximum absolute atomic E-state index is 6.21. The van der Waals surface area contributed by atoms with Crippen molar-refractivity contribution in [1.29, 1.82) is 0 Å². The van der Waals surface area contributed by atoms with Crippen LogP contribution in [0.4, 0.5) is 17.1 Å². The van der Waals surface area contributed by atoms with Crippen LogP contribution in [0.3, 0.4) is 0 Å². The third-order valence-electron chi connectivity index (χ3n) is 6.96. The molecule has 8 rings (SSSR count). The Morgan fingerprint density at radius 1 is 0.541 bits per heavy atom. The van der Waals surface area contributed by atoms with Gasteiger partial charge < -0.3 is 13.7 Å². The molecule has 0 amide bonds. The Morgan fingerprint density at radius 3 is 2.32 bits per heavy atom. The molecule has 4 heterocycles. The van der Waals surface area contributed by atoms with E-state index in [9.17, 15) is 0 Å². The molecular formula is C32H19N3O2. The highest BCUT2D eigenvalue weighted by Crippen LogP contribution is 2.42. The van der Waals surface area contributed by atoms with Crippen LogP contribution in [-0.4, -0.2) is 9.97 Å². The number of benzene rings is 4. The van der Waals surface area contributed by atoms with Crippen molar-refractivity contribution in [2.45, 2.75) is 0 Å². The molecule has 8 aromatic rings. The van der Waals surface area contributed by atoms with Crippen molar-refractivity contribution in [3.63, 3.8) is 0 Å². The third kappa shape index (κ3) is 3.04. The van der Waals surface area contributed by atoms with E-state index >= 15 is 0 Å². The fourth-order valence-electron chi connectivity index (χ4n) is 5.27. The molecule has 0 aliphatic carbocycles. The van der Waals surface area contributed by atoms with Gasteiger partial charge in [0.25, 0.3) is 0 Å². The lowest BCUT2D eigenvalue weighted by Gasteiger charge is -2.26. The van der Waals surface area contributed by atoms with Crippen molar-refractivity contribution in [2.75, 3.05) is 4.90 Å². The van der Waals surface area contributed by atoms with Gasteiger partial charge in [0.05, 0.1) is 17.6 Å². The monoisotopic (exact) mass is 477 g/mol. The van der Waals surface area contributed by atoms with Gasteiger partial charge in [0.2, 0.25) is 5.71 Å². The Labute approximate surface area is 211 Å². The zero-order valence-electron chi connectivity index (χ0n) is 19.6. The Bertz CT molecular complexity index is 2120. The SMILES string of the molecule is c1ccc2c(N(c3cnc4c(c3)oc3ccccc34)c3ccc4oc5ncccc5c4c3)cccc2c1. The lowest BCUT2D eigenvalue weighted by Crippen LogP contribution is -2.10. The normalized spacial score (nSPS) is 11.8. The van der Waals surface area contributed by atoms with Crippen LogP contribution in [0.1, 0.15) is 0 Å². The third-order valence-corrected chi connectivity index (χ3v) is 6.96. The van der Waals surface area contributed by atoms with Crippen LogP contribution in [0.2, 0.25) is 0 Å². The van der Waals surface area contributed by atoms with E-state index in [2.05, 4.69) is 70.5 Å². The lowest BCUT2D eigenvalue weighted by molar-refractivity contribution is 0.654. The fourth-order valence-corrected chi connectivity index (χ4v) is 5.27. The molecule has 0 aliphatic rings. The molecule has 0 aliphatic heterocycles. The van der Waals surface area contributed by atoms with Gasteiger partial charge in [0.1, 0.15) is 16.7 Å². The first kappa shape index (κ1) is 20.1. The van der Waals surface area contributed by atoms with Gasteiger partial charge in [-0.2, -0.15) is 0 Å². The number of fused-ring (bicyclic) bond motifs is 7. The Hall–Kier alpha value is -5.16. The summed E-state index contributed by atoms with van der Waals surface area (Å²) in [6.45, 7) is 0. The van der Waals surface area contributed by atoms with Crippen LogP contribution in [0, 0.1) is 0 Å². The first-order valence-corrected chi connectivity index (χ1v) is 12.2. The van der Waals surface area contributed by atoms with Crippen LogP contribution in [0.25, 0.3) is 54.9 Å². The fraction of sp³-hybridized carbons (Fsp3) is 0. The summed E-state index contributed by atoms with van der Waals surface area (Å²) in [5.41, 5.74) is 6.85. The molecule has 0 saturated heterocycles. The molecule has 5 nitrogen and oxygen atoms in total. The topological polar surface area (TPSA) is 55.3 Å². The molecule has 37 heavy (non-hydrogen) atoms. The molecular weight excluding hydrogens is 458 g/mol. The number of para-hydroxylation sites is 1. The first-order chi connectivity index (χ1) is 18.3. The number of hydrogen-bond acceptors (Lipinski definition) is 5. The molecule has 0 bridgehead atoms. The smallest absolute Gasteiger partial charge is 0.227 e. The van der Waals surface area contributed by atoms with Crippen LogP contribution in [-0.2, 0) is 0 Å². The molecule has 0 spiro atoms. The molecule has 0 fully saturated rings. The van der Waals surface area contributed by atoms with E-state index < -0.39 is 0 Å². The minimum absolute atomic E-state index is 0.636. The van der Waals surface area contributed by atoms with E-state index in [1.54, 1.807) is 6.20 Å². The molecule has 174 valence electrons. The Balaban J connectivity index is 1.42. The maximum atomic E-state index is 6.21. The average molecular weight is 478 g/mol. The van der Waals surface area contributed by atoms with E-state index in [0.29, 0.717) is 5.71 Å². The number of hydrogen-bond donors (Lipinski definition) is 0. The second-order valence-corrected chi connectivity index (χ2v) is 9.11. The molecule has 0 saturated carbocycles. The van der Waals surface area contributed by atoms with Crippen LogP contribution >= 0.6 is 0 Å². The predicted octanol–water partition coefficient (Wildman–Crippen LogP) is 8.90. The number of rotatable bonds is 3. The van der Waals surface area contributed by atoms with E-state index in [0.717, 1.165) is 60.9 Å².